The van der Waals surface area contributed by atoms with Crippen LogP contribution in [0.4, 0.5) is 0 Å². The second kappa shape index (κ2) is 5.62. The fourth-order valence-corrected chi connectivity index (χ4v) is 6.06. The molecule has 0 atom stereocenters. The molecule has 0 unspecified atom stereocenters. The van der Waals surface area contributed by atoms with Crippen molar-refractivity contribution in [2.75, 3.05) is 0 Å². The Balaban J connectivity index is 1.74. The molecule has 0 nitrogen and oxygen atoms in total. The van der Waals surface area contributed by atoms with Gasteiger partial charge in [-0.3, -0.25) is 0 Å². The van der Waals surface area contributed by atoms with Gasteiger partial charge in [-0.15, -0.1) is 0 Å². The first kappa shape index (κ1) is 16.4. The van der Waals surface area contributed by atoms with Crippen LogP contribution in [0.5, 0.6) is 0 Å². The van der Waals surface area contributed by atoms with Crippen LogP contribution in [-0.2, 0) is 5.41 Å². The third kappa shape index (κ3) is 1.79. The van der Waals surface area contributed by atoms with Crippen LogP contribution in [0.15, 0.2) is 103 Å². The summed E-state index contributed by atoms with van der Waals surface area (Å²) in [5.41, 5.74) is 10.4. The highest BCUT2D eigenvalue weighted by molar-refractivity contribution is 6.35. The maximum Gasteiger partial charge on any atom is 0.0725 e. The first-order valence-electron chi connectivity index (χ1n) is 10.3. The minimum absolute atomic E-state index is 0.299. The summed E-state index contributed by atoms with van der Waals surface area (Å²) in [5.74, 6) is 0. The standard InChI is InChI=1S/C29H17Cl/c30-28-15-7-8-18-16-23-21-11-3-6-14-26(21)29(27(23)17-22(18)28)24-12-4-1-9-19(24)20-10-2-5-13-25(20)29/h1-17H. The molecular weight excluding hydrogens is 384 g/mol. The summed E-state index contributed by atoms with van der Waals surface area (Å²) in [7, 11) is 0. The average Bonchev–Trinajstić information content (AvgIpc) is 3.25. The number of benzene rings is 5. The van der Waals surface area contributed by atoms with Crippen LogP contribution >= 0.6 is 11.6 Å². The van der Waals surface area contributed by atoms with Crippen molar-refractivity contribution in [3.05, 3.63) is 130 Å². The topological polar surface area (TPSA) is 0 Å². The second-order valence-electron chi connectivity index (χ2n) is 8.25. The van der Waals surface area contributed by atoms with Gasteiger partial charge >= 0.3 is 0 Å². The van der Waals surface area contributed by atoms with E-state index in [1.807, 2.05) is 12.1 Å². The van der Waals surface area contributed by atoms with Gasteiger partial charge in [-0.25, -0.2) is 0 Å². The van der Waals surface area contributed by atoms with E-state index in [4.69, 9.17) is 11.6 Å². The van der Waals surface area contributed by atoms with Crippen LogP contribution in [0.3, 0.4) is 0 Å². The fourth-order valence-electron chi connectivity index (χ4n) is 5.83. The predicted molar refractivity (Wildman–Crippen MR) is 125 cm³/mol. The smallest absolute Gasteiger partial charge is 0.0725 e. The normalized spacial score (nSPS) is 14.4. The van der Waals surface area contributed by atoms with Crippen LogP contribution < -0.4 is 0 Å². The monoisotopic (exact) mass is 400 g/mol. The quantitative estimate of drug-likeness (QED) is 0.243. The Hall–Kier alpha value is -3.35. The van der Waals surface area contributed by atoms with Gasteiger partial charge in [0.15, 0.2) is 0 Å². The van der Waals surface area contributed by atoms with E-state index >= 15 is 0 Å². The Labute approximate surface area is 180 Å². The summed E-state index contributed by atoms with van der Waals surface area (Å²) in [6.07, 6.45) is 0. The number of fused-ring (bicyclic) bond motifs is 11. The molecule has 2 aliphatic carbocycles. The van der Waals surface area contributed by atoms with Gasteiger partial charge in [0, 0.05) is 10.4 Å². The van der Waals surface area contributed by atoms with E-state index in [0.717, 1.165) is 10.4 Å². The SMILES string of the molecule is Clc1cccc2cc3c(cc12)C1(c2ccccc2-c2ccccc21)c1ccccc1-3. The average molecular weight is 401 g/mol. The molecule has 1 spiro atoms. The van der Waals surface area contributed by atoms with E-state index in [1.54, 1.807) is 0 Å². The summed E-state index contributed by atoms with van der Waals surface area (Å²) in [5, 5.41) is 3.11. The van der Waals surface area contributed by atoms with E-state index in [1.165, 1.54) is 49.9 Å². The Bertz CT molecular complexity index is 1460. The molecule has 0 N–H and O–H groups in total. The van der Waals surface area contributed by atoms with Crippen LogP contribution in [0.2, 0.25) is 5.02 Å². The van der Waals surface area contributed by atoms with E-state index in [2.05, 4.69) is 91.0 Å². The highest BCUT2D eigenvalue weighted by Crippen LogP contribution is 2.63. The lowest BCUT2D eigenvalue weighted by atomic mass is 9.70. The van der Waals surface area contributed by atoms with Crippen LogP contribution in [0.25, 0.3) is 33.0 Å². The second-order valence-corrected chi connectivity index (χ2v) is 8.65. The number of hydrogen-bond donors (Lipinski definition) is 0. The number of hydrogen-bond acceptors (Lipinski definition) is 0. The van der Waals surface area contributed by atoms with Crippen molar-refractivity contribution in [1.82, 2.24) is 0 Å². The van der Waals surface area contributed by atoms with Gasteiger partial charge in [0.05, 0.1) is 5.41 Å². The highest BCUT2D eigenvalue weighted by Gasteiger charge is 2.51. The summed E-state index contributed by atoms with van der Waals surface area (Å²) in [6.45, 7) is 0. The van der Waals surface area contributed by atoms with E-state index < -0.39 is 0 Å². The van der Waals surface area contributed by atoms with Gasteiger partial charge in [-0.1, -0.05) is 96.5 Å². The minimum atomic E-state index is -0.299. The maximum atomic E-state index is 6.67. The van der Waals surface area contributed by atoms with E-state index in [-0.39, 0.29) is 5.41 Å². The van der Waals surface area contributed by atoms with Crippen molar-refractivity contribution in [2.45, 2.75) is 5.41 Å². The number of rotatable bonds is 0. The molecule has 7 rings (SSSR count). The molecule has 30 heavy (non-hydrogen) atoms. The largest absolute Gasteiger partial charge is 0.0837 e. The first-order valence-corrected chi connectivity index (χ1v) is 10.7. The zero-order valence-corrected chi connectivity index (χ0v) is 16.9. The molecule has 0 radical (unpaired) electrons. The summed E-state index contributed by atoms with van der Waals surface area (Å²) in [6, 6.07) is 37.5. The van der Waals surface area contributed by atoms with Crippen molar-refractivity contribution in [3.8, 4) is 22.3 Å². The Morgan fingerprint density at radius 3 is 1.60 bits per heavy atom. The van der Waals surface area contributed by atoms with Crippen molar-refractivity contribution in [2.24, 2.45) is 0 Å². The lowest BCUT2D eigenvalue weighted by Crippen LogP contribution is -2.25. The molecule has 0 aromatic heterocycles. The minimum Gasteiger partial charge on any atom is -0.0837 e. The van der Waals surface area contributed by atoms with E-state index in [0.29, 0.717) is 0 Å². The van der Waals surface area contributed by atoms with Crippen molar-refractivity contribution in [3.63, 3.8) is 0 Å². The molecule has 1 heteroatoms. The zero-order valence-electron chi connectivity index (χ0n) is 16.2. The molecule has 140 valence electrons. The summed E-state index contributed by atoms with van der Waals surface area (Å²) < 4.78 is 0. The van der Waals surface area contributed by atoms with Crippen LogP contribution in [0, 0.1) is 0 Å². The van der Waals surface area contributed by atoms with Gasteiger partial charge in [0.25, 0.3) is 0 Å². The molecule has 0 heterocycles. The molecular formula is C29H17Cl. The Morgan fingerprint density at radius 2 is 1.00 bits per heavy atom. The molecule has 0 bridgehead atoms. The Morgan fingerprint density at radius 1 is 0.467 bits per heavy atom. The third-order valence-corrected chi connectivity index (χ3v) is 7.27. The number of halogens is 1. The van der Waals surface area contributed by atoms with Crippen molar-refractivity contribution in [1.29, 1.82) is 0 Å². The zero-order chi connectivity index (χ0) is 19.9. The van der Waals surface area contributed by atoms with Crippen molar-refractivity contribution < 1.29 is 0 Å². The van der Waals surface area contributed by atoms with Gasteiger partial charge in [-0.2, -0.15) is 0 Å². The van der Waals surface area contributed by atoms with Gasteiger partial charge < -0.3 is 0 Å². The lowest BCUT2D eigenvalue weighted by molar-refractivity contribution is 0.795. The van der Waals surface area contributed by atoms with Gasteiger partial charge in [0.1, 0.15) is 0 Å². The molecule has 2 aliphatic rings. The highest BCUT2D eigenvalue weighted by atomic mass is 35.5. The van der Waals surface area contributed by atoms with Gasteiger partial charge in [0.2, 0.25) is 0 Å². The fraction of sp³-hybridized carbons (Fsp3) is 0.0345. The molecule has 5 aromatic carbocycles. The van der Waals surface area contributed by atoms with Crippen LogP contribution in [-0.4, -0.2) is 0 Å². The summed E-state index contributed by atoms with van der Waals surface area (Å²) >= 11 is 6.67. The molecule has 0 fully saturated rings. The molecule has 5 aromatic rings. The molecule has 0 saturated heterocycles. The summed E-state index contributed by atoms with van der Waals surface area (Å²) in [4.78, 5) is 0. The maximum absolute atomic E-state index is 6.67. The molecule has 0 saturated carbocycles. The van der Waals surface area contributed by atoms with Crippen LogP contribution in [0.1, 0.15) is 22.3 Å². The lowest BCUT2D eigenvalue weighted by Gasteiger charge is -2.30. The van der Waals surface area contributed by atoms with Gasteiger partial charge in [-0.05, 0) is 68.1 Å². The van der Waals surface area contributed by atoms with E-state index in [9.17, 15) is 0 Å². The third-order valence-electron chi connectivity index (χ3n) is 6.94. The molecule has 0 aliphatic heterocycles. The first-order chi connectivity index (χ1) is 14.8. The predicted octanol–water partition coefficient (Wildman–Crippen LogP) is 7.84. The Kier molecular flexibility index (Phi) is 3.08. The molecule has 0 amide bonds. The van der Waals surface area contributed by atoms with Crippen molar-refractivity contribution >= 4 is 22.4 Å².